The van der Waals surface area contributed by atoms with Gasteiger partial charge in [-0.05, 0) is 24.3 Å². The van der Waals surface area contributed by atoms with Crippen LogP contribution in [0.4, 0.5) is 11.4 Å². The second-order valence-electron chi connectivity index (χ2n) is 6.08. The second-order valence-corrected chi connectivity index (χ2v) is 7.79. The molecule has 0 aliphatic carbocycles. The molecular formula is C18H18Br2N2O2. The number of likely N-dealkylation sites (N-methyl/N-ethyl adjacent to an activating group) is 2. The van der Waals surface area contributed by atoms with Crippen LogP contribution in [0.2, 0.25) is 0 Å². The van der Waals surface area contributed by atoms with Crippen LogP contribution < -0.4 is 19.3 Å². The van der Waals surface area contributed by atoms with Crippen molar-refractivity contribution in [2.45, 2.75) is 0 Å². The van der Waals surface area contributed by atoms with Crippen LogP contribution >= 0.6 is 31.9 Å². The highest BCUT2D eigenvalue weighted by molar-refractivity contribution is 9.11. The molecule has 0 fully saturated rings. The molecule has 4 rings (SSSR count). The molecule has 0 aromatic heterocycles. The lowest BCUT2D eigenvalue weighted by molar-refractivity contribution is 0.307. The highest BCUT2D eigenvalue weighted by atomic mass is 79.9. The first-order valence-electron chi connectivity index (χ1n) is 7.91. The zero-order valence-electron chi connectivity index (χ0n) is 13.6. The summed E-state index contributed by atoms with van der Waals surface area (Å²) in [7, 11) is 4.19. The number of ether oxygens (including phenoxy) is 2. The molecule has 0 radical (unpaired) electrons. The normalized spacial score (nSPS) is 16.2. The molecule has 0 bridgehead atoms. The average Bonchev–Trinajstić information content (AvgIpc) is 2.56. The van der Waals surface area contributed by atoms with Crippen LogP contribution in [-0.2, 0) is 0 Å². The van der Waals surface area contributed by atoms with E-state index in [9.17, 15) is 0 Å². The van der Waals surface area contributed by atoms with Gasteiger partial charge in [0, 0.05) is 34.2 Å². The fraction of sp³-hybridized carbons (Fsp3) is 0.333. The molecule has 0 atom stereocenters. The lowest BCUT2D eigenvalue weighted by Crippen LogP contribution is -2.30. The highest BCUT2D eigenvalue weighted by Crippen LogP contribution is 2.52. The number of halogens is 2. The van der Waals surface area contributed by atoms with Gasteiger partial charge in [0.25, 0.3) is 0 Å². The summed E-state index contributed by atoms with van der Waals surface area (Å²) in [6.45, 7) is 3.14. The van der Waals surface area contributed by atoms with E-state index in [-0.39, 0.29) is 0 Å². The molecule has 2 aromatic rings. The van der Waals surface area contributed by atoms with E-state index in [4.69, 9.17) is 9.47 Å². The van der Waals surface area contributed by atoms with E-state index in [2.05, 4.69) is 80.0 Å². The van der Waals surface area contributed by atoms with Crippen molar-refractivity contribution >= 4 is 43.2 Å². The third kappa shape index (κ3) is 2.47. The standard InChI is InChI=1S/C18H18Br2N2O2/c1-21-7-9-23-17-13(21)5-3-11(19)15(17)16-12(20)4-6-14-18(16)24-10-8-22(14)2/h3-6H,7-10H2,1-2H3. The van der Waals surface area contributed by atoms with Crippen molar-refractivity contribution < 1.29 is 9.47 Å². The number of fused-ring (bicyclic) bond motifs is 2. The topological polar surface area (TPSA) is 24.9 Å². The Kier molecular flexibility index (Phi) is 4.12. The zero-order chi connectivity index (χ0) is 16.8. The van der Waals surface area contributed by atoms with Crippen LogP contribution in [0.5, 0.6) is 11.5 Å². The van der Waals surface area contributed by atoms with Gasteiger partial charge in [-0.1, -0.05) is 31.9 Å². The van der Waals surface area contributed by atoms with Crippen molar-refractivity contribution in [2.24, 2.45) is 0 Å². The minimum Gasteiger partial charge on any atom is -0.489 e. The van der Waals surface area contributed by atoms with Crippen LogP contribution in [0.15, 0.2) is 33.2 Å². The SMILES string of the molecule is CN1CCOc2c1ccc(Br)c2-c1c(Br)ccc2c1OCCN2C. The maximum absolute atomic E-state index is 6.07. The number of rotatable bonds is 1. The first-order chi connectivity index (χ1) is 11.6. The smallest absolute Gasteiger partial charge is 0.151 e. The molecule has 24 heavy (non-hydrogen) atoms. The third-order valence-corrected chi connectivity index (χ3v) is 5.91. The number of anilines is 2. The third-order valence-electron chi connectivity index (χ3n) is 4.59. The van der Waals surface area contributed by atoms with E-state index in [0.717, 1.165) is 56.0 Å². The van der Waals surface area contributed by atoms with Gasteiger partial charge < -0.3 is 19.3 Å². The Hall–Kier alpha value is -1.40. The molecule has 2 aliphatic heterocycles. The molecule has 0 N–H and O–H groups in total. The Morgan fingerprint density at radius 1 is 0.750 bits per heavy atom. The fourth-order valence-electron chi connectivity index (χ4n) is 3.26. The van der Waals surface area contributed by atoms with Crippen molar-refractivity contribution in [1.29, 1.82) is 0 Å². The first kappa shape index (κ1) is 16.1. The molecule has 2 heterocycles. The molecule has 6 heteroatoms. The molecule has 0 saturated carbocycles. The predicted molar refractivity (Wildman–Crippen MR) is 105 cm³/mol. The fourth-order valence-corrected chi connectivity index (χ4v) is 4.29. The van der Waals surface area contributed by atoms with Crippen molar-refractivity contribution in [2.75, 3.05) is 50.2 Å². The Bertz CT molecular complexity index is 743. The summed E-state index contributed by atoms with van der Waals surface area (Å²) in [5, 5.41) is 0. The molecule has 2 aromatic carbocycles. The minimum absolute atomic E-state index is 0.681. The van der Waals surface area contributed by atoms with E-state index >= 15 is 0 Å². The number of benzene rings is 2. The van der Waals surface area contributed by atoms with E-state index in [1.807, 2.05) is 0 Å². The van der Waals surface area contributed by atoms with Crippen molar-refractivity contribution in [1.82, 2.24) is 0 Å². The summed E-state index contributed by atoms with van der Waals surface area (Å²) in [6, 6.07) is 8.35. The van der Waals surface area contributed by atoms with Crippen LogP contribution in [0.3, 0.4) is 0 Å². The van der Waals surface area contributed by atoms with Crippen LogP contribution in [0.25, 0.3) is 11.1 Å². The maximum Gasteiger partial charge on any atom is 0.151 e. The Morgan fingerprint density at radius 2 is 1.17 bits per heavy atom. The Morgan fingerprint density at radius 3 is 1.58 bits per heavy atom. The summed E-state index contributed by atoms with van der Waals surface area (Å²) in [5.74, 6) is 1.81. The van der Waals surface area contributed by atoms with Gasteiger partial charge in [0.1, 0.15) is 13.2 Å². The van der Waals surface area contributed by atoms with Crippen LogP contribution in [0.1, 0.15) is 0 Å². The molecule has 0 unspecified atom stereocenters. The van der Waals surface area contributed by atoms with E-state index in [0.29, 0.717) is 13.2 Å². The highest BCUT2D eigenvalue weighted by Gasteiger charge is 2.28. The second kappa shape index (κ2) is 6.15. The lowest BCUT2D eigenvalue weighted by Gasteiger charge is -2.33. The molecular weight excluding hydrogens is 436 g/mol. The molecule has 126 valence electrons. The first-order valence-corrected chi connectivity index (χ1v) is 9.50. The van der Waals surface area contributed by atoms with Gasteiger partial charge in [-0.2, -0.15) is 0 Å². The van der Waals surface area contributed by atoms with Gasteiger partial charge >= 0.3 is 0 Å². The quantitative estimate of drug-likeness (QED) is 0.633. The summed E-state index contributed by atoms with van der Waals surface area (Å²) < 4.78 is 14.1. The van der Waals surface area contributed by atoms with E-state index in [1.165, 1.54) is 0 Å². The van der Waals surface area contributed by atoms with Crippen LogP contribution in [-0.4, -0.2) is 40.4 Å². The zero-order valence-corrected chi connectivity index (χ0v) is 16.8. The monoisotopic (exact) mass is 452 g/mol. The van der Waals surface area contributed by atoms with Gasteiger partial charge in [0.15, 0.2) is 11.5 Å². The van der Waals surface area contributed by atoms with Gasteiger partial charge in [-0.15, -0.1) is 0 Å². The molecule has 2 aliphatic rings. The van der Waals surface area contributed by atoms with Crippen molar-refractivity contribution in [3.05, 3.63) is 33.2 Å². The maximum atomic E-state index is 6.07. The van der Waals surface area contributed by atoms with Crippen molar-refractivity contribution in [3.8, 4) is 22.6 Å². The van der Waals surface area contributed by atoms with Crippen molar-refractivity contribution in [3.63, 3.8) is 0 Å². The molecule has 0 spiro atoms. The van der Waals surface area contributed by atoms with Gasteiger partial charge in [-0.25, -0.2) is 0 Å². The van der Waals surface area contributed by atoms with Gasteiger partial charge in [-0.3, -0.25) is 0 Å². The summed E-state index contributed by atoms with van der Waals surface area (Å²) in [4.78, 5) is 4.45. The Balaban J connectivity index is 2.01. The summed E-state index contributed by atoms with van der Waals surface area (Å²) in [6.07, 6.45) is 0. The van der Waals surface area contributed by atoms with Gasteiger partial charge in [0.05, 0.1) is 24.5 Å². The summed E-state index contributed by atoms with van der Waals surface area (Å²) >= 11 is 7.44. The minimum atomic E-state index is 0.681. The number of hydrogen-bond acceptors (Lipinski definition) is 4. The molecule has 4 nitrogen and oxygen atoms in total. The summed E-state index contributed by atoms with van der Waals surface area (Å²) in [5.41, 5.74) is 4.29. The van der Waals surface area contributed by atoms with Gasteiger partial charge in [0.2, 0.25) is 0 Å². The average molecular weight is 454 g/mol. The molecule has 0 saturated heterocycles. The van der Waals surface area contributed by atoms with E-state index in [1.54, 1.807) is 0 Å². The predicted octanol–water partition coefficient (Wildman–Crippen LogP) is 4.54. The largest absolute Gasteiger partial charge is 0.489 e. The number of hydrogen-bond donors (Lipinski definition) is 0. The Labute approximate surface area is 158 Å². The lowest BCUT2D eigenvalue weighted by atomic mass is 10.00. The van der Waals surface area contributed by atoms with Crippen LogP contribution in [0, 0.1) is 0 Å². The molecule has 0 amide bonds. The number of nitrogens with zero attached hydrogens (tertiary/aromatic N) is 2. The van der Waals surface area contributed by atoms with E-state index < -0.39 is 0 Å².